The molecule has 1 heterocycles. The van der Waals surface area contributed by atoms with Gasteiger partial charge in [-0.15, -0.1) is 0 Å². The third-order valence-corrected chi connectivity index (χ3v) is 3.02. The van der Waals surface area contributed by atoms with Crippen molar-refractivity contribution in [3.63, 3.8) is 0 Å². The minimum Gasteiger partial charge on any atom is -0.303 e. The van der Waals surface area contributed by atoms with Gasteiger partial charge in [0, 0.05) is 17.7 Å². The van der Waals surface area contributed by atoms with E-state index in [9.17, 15) is 29.3 Å². The van der Waals surface area contributed by atoms with Gasteiger partial charge in [-0.25, -0.2) is 4.79 Å². The minimum absolute atomic E-state index is 0.134. The van der Waals surface area contributed by atoms with Gasteiger partial charge in [-0.05, 0) is 12.1 Å². The van der Waals surface area contributed by atoms with Crippen molar-refractivity contribution >= 4 is 29.1 Å². The number of aromatic nitrogens is 2. The Bertz CT molecular complexity index is 921. The summed E-state index contributed by atoms with van der Waals surface area (Å²) in [7, 11) is 0. The number of aromatic amines is 2. The summed E-state index contributed by atoms with van der Waals surface area (Å²) in [4.78, 5) is 59.7. The number of carbonyl (C=O) groups excluding carboxylic acids is 2. The number of nitrogens with zero attached hydrogens (tertiary/aromatic N) is 1. The molecule has 0 aliphatic carbocycles. The normalized spacial score (nSPS) is 10.0. The van der Waals surface area contributed by atoms with Gasteiger partial charge in [-0.1, -0.05) is 11.6 Å². The van der Waals surface area contributed by atoms with Crippen LogP contribution < -0.4 is 22.1 Å². The van der Waals surface area contributed by atoms with Crippen molar-refractivity contribution in [2.24, 2.45) is 0 Å². The summed E-state index contributed by atoms with van der Waals surface area (Å²) in [5, 5.41) is 10.6. The molecule has 4 N–H and O–H groups in total. The molecule has 24 heavy (non-hydrogen) atoms. The van der Waals surface area contributed by atoms with Gasteiger partial charge in [-0.2, -0.15) is 0 Å². The maximum Gasteiger partial charge on any atom is 0.326 e. The Kier molecular flexibility index (Phi) is 4.75. The van der Waals surface area contributed by atoms with Crippen LogP contribution in [0.25, 0.3) is 0 Å². The number of halogens is 1. The van der Waals surface area contributed by atoms with E-state index in [0.29, 0.717) is 0 Å². The number of amides is 2. The predicted molar refractivity (Wildman–Crippen MR) is 80.7 cm³/mol. The molecule has 0 fully saturated rings. The number of rotatable bonds is 3. The molecule has 2 rings (SSSR count). The van der Waals surface area contributed by atoms with Crippen LogP contribution >= 0.6 is 11.6 Å². The molecule has 12 heteroatoms. The summed E-state index contributed by atoms with van der Waals surface area (Å²) in [6, 6.07) is 4.12. The van der Waals surface area contributed by atoms with Crippen LogP contribution in [-0.4, -0.2) is 26.7 Å². The first-order valence-corrected chi connectivity index (χ1v) is 6.54. The van der Waals surface area contributed by atoms with E-state index in [4.69, 9.17) is 11.6 Å². The van der Waals surface area contributed by atoms with Crippen molar-refractivity contribution in [1.29, 1.82) is 0 Å². The zero-order valence-electron chi connectivity index (χ0n) is 11.6. The van der Waals surface area contributed by atoms with Crippen LogP contribution in [-0.2, 0) is 0 Å². The van der Waals surface area contributed by atoms with Crippen LogP contribution in [0.1, 0.15) is 20.8 Å². The lowest BCUT2D eigenvalue weighted by Crippen LogP contribution is -2.43. The van der Waals surface area contributed by atoms with E-state index in [1.165, 1.54) is 6.07 Å². The van der Waals surface area contributed by atoms with Crippen molar-refractivity contribution in [1.82, 2.24) is 20.8 Å². The third-order valence-electron chi connectivity index (χ3n) is 2.70. The number of nitrogens with one attached hydrogen (secondary N) is 4. The first kappa shape index (κ1) is 16.9. The van der Waals surface area contributed by atoms with E-state index in [0.717, 1.165) is 18.2 Å². The van der Waals surface area contributed by atoms with Crippen molar-refractivity contribution < 1.29 is 14.5 Å². The second-order valence-corrected chi connectivity index (χ2v) is 4.74. The molecule has 2 aromatic rings. The van der Waals surface area contributed by atoms with Gasteiger partial charge in [0.25, 0.3) is 23.1 Å². The number of hydrogen-bond donors (Lipinski definition) is 4. The average molecular weight is 354 g/mol. The maximum absolute atomic E-state index is 11.9. The molecular formula is C12H8ClN5O6. The predicted octanol–water partition coefficient (Wildman–Crippen LogP) is -0.300. The highest BCUT2D eigenvalue weighted by atomic mass is 35.5. The second-order valence-electron chi connectivity index (χ2n) is 4.33. The first-order valence-electron chi connectivity index (χ1n) is 6.16. The number of H-pyrrole nitrogens is 2. The fourth-order valence-electron chi connectivity index (χ4n) is 1.64. The van der Waals surface area contributed by atoms with Gasteiger partial charge in [0.1, 0.15) is 10.7 Å². The summed E-state index contributed by atoms with van der Waals surface area (Å²) in [5.74, 6) is -1.83. The monoisotopic (exact) mass is 353 g/mol. The molecular weight excluding hydrogens is 346 g/mol. The molecule has 1 aromatic carbocycles. The van der Waals surface area contributed by atoms with E-state index in [2.05, 4.69) is 4.98 Å². The Labute approximate surface area is 136 Å². The lowest BCUT2D eigenvalue weighted by molar-refractivity contribution is -0.384. The Balaban J connectivity index is 2.12. The van der Waals surface area contributed by atoms with E-state index in [-0.39, 0.29) is 16.3 Å². The smallest absolute Gasteiger partial charge is 0.303 e. The first-order chi connectivity index (χ1) is 11.3. The summed E-state index contributed by atoms with van der Waals surface area (Å²) in [6.45, 7) is 0. The van der Waals surface area contributed by atoms with Crippen LogP contribution in [0.4, 0.5) is 5.69 Å². The molecule has 0 radical (unpaired) electrons. The van der Waals surface area contributed by atoms with E-state index in [1.807, 2.05) is 15.8 Å². The summed E-state index contributed by atoms with van der Waals surface area (Å²) in [6.07, 6.45) is 0. The molecule has 1 aromatic heterocycles. The Morgan fingerprint density at radius 3 is 2.38 bits per heavy atom. The molecule has 0 unspecified atom stereocenters. The highest BCUT2D eigenvalue weighted by molar-refractivity contribution is 6.32. The summed E-state index contributed by atoms with van der Waals surface area (Å²) < 4.78 is 0. The fraction of sp³-hybridized carbons (Fsp3) is 0. The van der Waals surface area contributed by atoms with Gasteiger partial charge >= 0.3 is 5.69 Å². The van der Waals surface area contributed by atoms with Crippen molar-refractivity contribution in [3.05, 3.63) is 71.5 Å². The van der Waals surface area contributed by atoms with E-state index in [1.54, 1.807) is 0 Å². The SMILES string of the molecule is O=C(NNC(=O)c1cc(=O)[nH]c(=O)[nH]1)c1ccc(Cl)c([N+](=O)[O-])c1. The zero-order chi connectivity index (χ0) is 17.9. The summed E-state index contributed by atoms with van der Waals surface area (Å²) >= 11 is 5.62. The van der Waals surface area contributed by atoms with Crippen LogP contribution in [0.3, 0.4) is 0 Å². The van der Waals surface area contributed by atoms with Crippen LogP contribution in [0.5, 0.6) is 0 Å². The van der Waals surface area contributed by atoms with Gasteiger partial charge in [0.2, 0.25) is 0 Å². The highest BCUT2D eigenvalue weighted by Crippen LogP contribution is 2.24. The summed E-state index contributed by atoms with van der Waals surface area (Å²) in [5.41, 5.74) is 1.24. The molecule has 2 amide bonds. The van der Waals surface area contributed by atoms with Crippen molar-refractivity contribution in [2.75, 3.05) is 0 Å². The van der Waals surface area contributed by atoms with Crippen molar-refractivity contribution in [2.45, 2.75) is 0 Å². The molecule has 0 aliphatic rings. The Morgan fingerprint density at radius 1 is 1.08 bits per heavy atom. The van der Waals surface area contributed by atoms with Crippen LogP contribution in [0, 0.1) is 10.1 Å². The molecule has 0 bridgehead atoms. The highest BCUT2D eigenvalue weighted by Gasteiger charge is 2.17. The molecule has 11 nitrogen and oxygen atoms in total. The standard InChI is InChI=1S/C12H8ClN5O6/c13-6-2-1-5(3-8(6)18(23)24)10(20)16-17-11(21)7-4-9(19)15-12(22)14-7/h1-4H,(H,16,20)(H,17,21)(H2,14,15,19,22). The van der Waals surface area contributed by atoms with Crippen LogP contribution in [0.2, 0.25) is 5.02 Å². The lowest BCUT2D eigenvalue weighted by Gasteiger charge is -2.07. The third kappa shape index (κ3) is 3.84. The molecule has 0 saturated carbocycles. The average Bonchev–Trinajstić information content (AvgIpc) is 2.51. The zero-order valence-corrected chi connectivity index (χ0v) is 12.3. The molecule has 0 aliphatic heterocycles. The van der Waals surface area contributed by atoms with Crippen molar-refractivity contribution in [3.8, 4) is 0 Å². The lowest BCUT2D eigenvalue weighted by atomic mass is 10.2. The van der Waals surface area contributed by atoms with Gasteiger partial charge < -0.3 is 4.98 Å². The maximum atomic E-state index is 11.9. The van der Waals surface area contributed by atoms with Gasteiger partial charge in [-0.3, -0.25) is 40.3 Å². The number of hydrazine groups is 1. The molecule has 0 spiro atoms. The molecule has 0 saturated heterocycles. The van der Waals surface area contributed by atoms with E-state index >= 15 is 0 Å². The largest absolute Gasteiger partial charge is 0.326 e. The fourth-order valence-corrected chi connectivity index (χ4v) is 1.82. The molecule has 124 valence electrons. The minimum atomic E-state index is -0.963. The number of benzene rings is 1. The topological polar surface area (TPSA) is 167 Å². The molecule has 0 atom stereocenters. The van der Waals surface area contributed by atoms with E-state index < -0.39 is 33.7 Å². The quantitative estimate of drug-likeness (QED) is 0.436. The van der Waals surface area contributed by atoms with Gasteiger partial charge in [0.15, 0.2) is 0 Å². The number of nitro benzene ring substituents is 1. The van der Waals surface area contributed by atoms with Crippen LogP contribution in [0.15, 0.2) is 33.9 Å². The van der Waals surface area contributed by atoms with Gasteiger partial charge in [0.05, 0.1) is 4.92 Å². The Hall–Kier alpha value is -3.47. The number of carbonyl (C=O) groups is 2. The number of hydrogen-bond acceptors (Lipinski definition) is 6. The number of nitro groups is 1. The Morgan fingerprint density at radius 2 is 1.75 bits per heavy atom. The second kappa shape index (κ2) is 6.75.